The SMILES string of the molecule is Cc1ncc(CNC(C)CN2CCCC2)s1. The van der Waals surface area contributed by atoms with Crippen LogP contribution in [-0.4, -0.2) is 35.6 Å². The fourth-order valence-corrected chi connectivity index (χ4v) is 2.92. The number of hydrogen-bond donors (Lipinski definition) is 1. The van der Waals surface area contributed by atoms with E-state index in [2.05, 4.69) is 29.0 Å². The molecule has 16 heavy (non-hydrogen) atoms. The van der Waals surface area contributed by atoms with E-state index in [1.54, 1.807) is 11.3 Å². The van der Waals surface area contributed by atoms with Crippen molar-refractivity contribution in [3.63, 3.8) is 0 Å². The Morgan fingerprint density at radius 1 is 1.50 bits per heavy atom. The number of hydrogen-bond acceptors (Lipinski definition) is 4. The average Bonchev–Trinajstić information content (AvgIpc) is 2.87. The van der Waals surface area contributed by atoms with Gasteiger partial charge >= 0.3 is 0 Å². The average molecular weight is 239 g/mol. The van der Waals surface area contributed by atoms with Crippen LogP contribution in [0.1, 0.15) is 29.7 Å². The fourth-order valence-electron chi connectivity index (χ4n) is 2.18. The first-order valence-corrected chi connectivity index (χ1v) is 6.93. The lowest BCUT2D eigenvalue weighted by atomic mass is 10.3. The molecule has 1 atom stereocenters. The summed E-state index contributed by atoms with van der Waals surface area (Å²) in [5.74, 6) is 0. The van der Waals surface area contributed by atoms with Gasteiger partial charge in [-0.15, -0.1) is 11.3 Å². The maximum Gasteiger partial charge on any atom is 0.0897 e. The Kier molecular flexibility index (Phi) is 4.32. The molecule has 1 aliphatic heterocycles. The molecule has 4 heteroatoms. The number of nitrogens with zero attached hydrogens (tertiary/aromatic N) is 2. The van der Waals surface area contributed by atoms with Gasteiger partial charge < -0.3 is 10.2 Å². The molecule has 1 unspecified atom stereocenters. The molecule has 1 aliphatic rings. The van der Waals surface area contributed by atoms with E-state index in [9.17, 15) is 0 Å². The number of likely N-dealkylation sites (tertiary alicyclic amines) is 1. The summed E-state index contributed by atoms with van der Waals surface area (Å²) in [7, 11) is 0. The number of nitrogens with one attached hydrogen (secondary N) is 1. The van der Waals surface area contributed by atoms with Gasteiger partial charge in [-0.1, -0.05) is 0 Å². The zero-order valence-corrected chi connectivity index (χ0v) is 11.0. The van der Waals surface area contributed by atoms with Crippen molar-refractivity contribution in [2.75, 3.05) is 19.6 Å². The summed E-state index contributed by atoms with van der Waals surface area (Å²) in [6, 6.07) is 0.570. The summed E-state index contributed by atoms with van der Waals surface area (Å²) in [6.45, 7) is 9.03. The quantitative estimate of drug-likeness (QED) is 0.852. The van der Waals surface area contributed by atoms with Crippen molar-refractivity contribution in [3.8, 4) is 0 Å². The van der Waals surface area contributed by atoms with Gasteiger partial charge in [0.25, 0.3) is 0 Å². The predicted molar refractivity (Wildman–Crippen MR) is 68.8 cm³/mol. The highest BCUT2D eigenvalue weighted by Gasteiger charge is 2.14. The minimum atomic E-state index is 0.570. The molecule has 1 aromatic rings. The molecule has 0 saturated carbocycles. The van der Waals surface area contributed by atoms with Crippen LogP contribution in [0.5, 0.6) is 0 Å². The summed E-state index contributed by atoms with van der Waals surface area (Å²) in [4.78, 5) is 8.16. The molecule has 90 valence electrons. The van der Waals surface area contributed by atoms with Gasteiger partial charge in [-0.25, -0.2) is 4.98 Å². The monoisotopic (exact) mass is 239 g/mol. The highest BCUT2D eigenvalue weighted by molar-refractivity contribution is 7.11. The van der Waals surface area contributed by atoms with Crippen LogP contribution in [0.3, 0.4) is 0 Å². The second kappa shape index (κ2) is 5.75. The third-order valence-electron chi connectivity index (χ3n) is 3.02. The number of aromatic nitrogens is 1. The van der Waals surface area contributed by atoms with Gasteiger partial charge in [0.1, 0.15) is 0 Å². The van der Waals surface area contributed by atoms with Crippen LogP contribution in [-0.2, 0) is 6.54 Å². The van der Waals surface area contributed by atoms with E-state index in [-0.39, 0.29) is 0 Å². The molecule has 1 aromatic heterocycles. The Labute approximate surface area is 102 Å². The van der Waals surface area contributed by atoms with Gasteiger partial charge in [0.05, 0.1) is 5.01 Å². The third kappa shape index (κ3) is 3.54. The lowest BCUT2D eigenvalue weighted by Gasteiger charge is -2.20. The highest BCUT2D eigenvalue weighted by Crippen LogP contribution is 2.12. The van der Waals surface area contributed by atoms with Crippen LogP contribution in [0.4, 0.5) is 0 Å². The molecule has 0 radical (unpaired) electrons. The van der Waals surface area contributed by atoms with Crippen molar-refractivity contribution in [2.24, 2.45) is 0 Å². The zero-order chi connectivity index (χ0) is 11.4. The van der Waals surface area contributed by atoms with Gasteiger partial charge in [0.2, 0.25) is 0 Å². The molecule has 2 heterocycles. The van der Waals surface area contributed by atoms with E-state index < -0.39 is 0 Å². The first kappa shape index (κ1) is 12.0. The van der Waals surface area contributed by atoms with Crippen molar-refractivity contribution in [2.45, 2.75) is 39.3 Å². The van der Waals surface area contributed by atoms with Crippen LogP contribution in [0.2, 0.25) is 0 Å². The Morgan fingerprint density at radius 3 is 2.88 bits per heavy atom. The molecule has 0 amide bonds. The minimum Gasteiger partial charge on any atom is -0.308 e. The highest BCUT2D eigenvalue weighted by atomic mass is 32.1. The largest absolute Gasteiger partial charge is 0.308 e. The lowest BCUT2D eigenvalue weighted by molar-refractivity contribution is 0.298. The van der Waals surface area contributed by atoms with Gasteiger partial charge in [-0.2, -0.15) is 0 Å². The van der Waals surface area contributed by atoms with Crippen molar-refractivity contribution in [3.05, 3.63) is 16.1 Å². The molecule has 1 saturated heterocycles. The Morgan fingerprint density at radius 2 is 2.25 bits per heavy atom. The van der Waals surface area contributed by atoms with Crippen LogP contribution in [0.15, 0.2) is 6.20 Å². The third-order valence-corrected chi connectivity index (χ3v) is 3.94. The molecular formula is C12H21N3S. The van der Waals surface area contributed by atoms with E-state index in [4.69, 9.17) is 0 Å². The van der Waals surface area contributed by atoms with Crippen LogP contribution >= 0.6 is 11.3 Å². The van der Waals surface area contributed by atoms with Gasteiger partial charge in [0, 0.05) is 30.2 Å². The second-order valence-corrected chi connectivity index (χ2v) is 5.95. The number of rotatable bonds is 5. The summed E-state index contributed by atoms with van der Waals surface area (Å²) in [6.07, 6.45) is 4.73. The smallest absolute Gasteiger partial charge is 0.0897 e. The van der Waals surface area contributed by atoms with Crippen molar-refractivity contribution in [1.29, 1.82) is 0 Å². The molecule has 1 N–H and O–H groups in total. The van der Waals surface area contributed by atoms with E-state index in [1.807, 2.05) is 6.20 Å². The molecule has 1 fully saturated rings. The molecule has 0 spiro atoms. The first-order valence-electron chi connectivity index (χ1n) is 6.11. The van der Waals surface area contributed by atoms with E-state index >= 15 is 0 Å². The van der Waals surface area contributed by atoms with Gasteiger partial charge in [0.15, 0.2) is 0 Å². The van der Waals surface area contributed by atoms with Gasteiger partial charge in [-0.3, -0.25) is 0 Å². The fraction of sp³-hybridized carbons (Fsp3) is 0.750. The molecule has 0 aromatic carbocycles. The number of thiazole rings is 1. The predicted octanol–water partition coefficient (Wildman–Crippen LogP) is 2.03. The summed E-state index contributed by atoms with van der Waals surface area (Å²) >= 11 is 1.79. The maximum absolute atomic E-state index is 4.27. The normalized spacial score (nSPS) is 19.1. The molecular weight excluding hydrogens is 218 g/mol. The van der Waals surface area contributed by atoms with Gasteiger partial charge in [-0.05, 0) is 39.8 Å². The number of aryl methyl sites for hydroxylation is 1. The first-order chi connectivity index (χ1) is 7.74. The second-order valence-electron chi connectivity index (χ2n) is 4.64. The topological polar surface area (TPSA) is 28.2 Å². The summed E-state index contributed by atoms with van der Waals surface area (Å²) in [5.41, 5.74) is 0. The molecule has 2 rings (SSSR count). The Bertz CT molecular complexity index is 318. The van der Waals surface area contributed by atoms with E-state index in [0.29, 0.717) is 6.04 Å². The standard InChI is InChI=1S/C12H21N3S/c1-10(9-15-5-3-4-6-15)13-7-12-8-14-11(2)16-12/h8,10,13H,3-7,9H2,1-2H3. The van der Waals surface area contributed by atoms with Crippen molar-refractivity contribution in [1.82, 2.24) is 15.2 Å². The van der Waals surface area contributed by atoms with E-state index in [0.717, 1.165) is 11.6 Å². The molecule has 0 aliphatic carbocycles. The Balaban J connectivity index is 1.68. The lowest BCUT2D eigenvalue weighted by Crippen LogP contribution is -2.37. The minimum absolute atomic E-state index is 0.570. The van der Waals surface area contributed by atoms with Crippen LogP contribution in [0, 0.1) is 6.92 Å². The van der Waals surface area contributed by atoms with Crippen LogP contribution < -0.4 is 5.32 Å². The Hall–Kier alpha value is -0.450. The summed E-state index contributed by atoms with van der Waals surface area (Å²) < 4.78 is 0. The molecule has 3 nitrogen and oxygen atoms in total. The summed E-state index contributed by atoms with van der Waals surface area (Å²) in [5, 5.41) is 4.72. The maximum atomic E-state index is 4.27. The van der Waals surface area contributed by atoms with Crippen molar-refractivity contribution >= 4 is 11.3 Å². The van der Waals surface area contributed by atoms with Crippen LogP contribution in [0.25, 0.3) is 0 Å². The van der Waals surface area contributed by atoms with E-state index in [1.165, 1.54) is 37.4 Å². The van der Waals surface area contributed by atoms with Crippen molar-refractivity contribution < 1.29 is 0 Å². The zero-order valence-electron chi connectivity index (χ0n) is 10.2. The molecule has 0 bridgehead atoms.